The molecule has 0 unspecified atom stereocenters. The maximum Gasteiger partial charge on any atom is 0.209 e. The van der Waals surface area contributed by atoms with Gasteiger partial charge in [-0.25, -0.2) is 4.98 Å². The van der Waals surface area contributed by atoms with Crippen molar-refractivity contribution in [2.24, 2.45) is 0 Å². The number of rotatable bonds is 5. The van der Waals surface area contributed by atoms with Crippen LogP contribution >= 0.6 is 27.7 Å². The van der Waals surface area contributed by atoms with Crippen LogP contribution in [-0.2, 0) is 0 Å². The van der Waals surface area contributed by atoms with Crippen LogP contribution in [0.4, 0.5) is 0 Å². The Hall–Kier alpha value is -1.33. The zero-order valence-corrected chi connectivity index (χ0v) is 12.0. The molecule has 1 heterocycles. The van der Waals surface area contributed by atoms with Crippen LogP contribution in [0.5, 0.6) is 0 Å². The summed E-state index contributed by atoms with van der Waals surface area (Å²) in [7, 11) is 0. The lowest BCUT2D eigenvalue weighted by Gasteiger charge is -1.91. The Morgan fingerprint density at radius 3 is 2.83 bits per heavy atom. The fourth-order valence-electron chi connectivity index (χ4n) is 1.28. The molecule has 0 fully saturated rings. The summed E-state index contributed by atoms with van der Waals surface area (Å²) in [5, 5.41) is 7.73. The van der Waals surface area contributed by atoms with E-state index in [9.17, 15) is 0 Å². The molecule has 3 nitrogen and oxygen atoms in total. The van der Waals surface area contributed by atoms with Crippen molar-refractivity contribution in [1.29, 1.82) is 0 Å². The number of thioether (sulfide) groups is 1. The van der Waals surface area contributed by atoms with E-state index in [1.165, 1.54) is 11.8 Å². The molecule has 1 aromatic heterocycles. The molecular weight excluding hydrogens is 310 g/mol. The molecular formula is C13H12BrN3S. The van der Waals surface area contributed by atoms with E-state index in [1.54, 1.807) is 0 Å². The first-order chi connectivity index (χ1) is 8.74. The van der Waals surface area contributed by atoms with Crippen LogP contribution in [0.15, 0.2) is 46.5 Å². The van der Waals surface area contributed by atoms with Gasteiger partial charge in [0.2, 0.25) is 5.16 Å². The maximum atomic E-state index is 4.34. The summed E-state index contributed by atoms with van der Waals surface area (Å²) in [6.45, 7) is 3.77. The lowest BCUT2D eigenvalue weighted by Crippen LogP contribution is -1.79. The Labute approximate surface area is 119 Å². The SMILES string of the molecule is C=C(Br)CSc1n[nH]c(C=Cc2ccccc2)n1. The monoisotopic (exact) mass is 321 g/mol. The lowest BCUT2D eigenvalue weighted by atomic mass is 10.2. The van der Waals surface area contributed by atoms with Crippen LogP contribution in [0.2, 0.25) is 0 Å². The number of hydrogen-bond donors (Lipinski definition) is 1. The molecule has 5 heteroatoms. The first kappa shape index (κ1) is 13.1. The van der Waals surface area contributed by atoms with Crippen LogP contribution in [0.25, 0.3) is 12.2 Å². The van der Waals surface area contributed by atoms with E-state index < -0.39 is 0 Å². The third-order valence-corrected chi connectivity index (χ3v) is 3.66. The van der Waals surface area contributed by atoms with Crippen molar-refractivity contribution in [2.75, 3.05) is 5.75 Å². The minimum absolute atomic E-state index is 0.725. The largest absolute Gasteiger partial charge is 0.259 e. The van der Waals surface area contributed by atoms with Crippen LogP contribution in [0, 0.1) is 0 Å². The molecule has 0 bridgehead atoms. The zero-order chi connectivity index (χ0) is 12.8. The molecule has 0 aliphatic carbocycles. The normalized spacial score (nSPS) is 10.9. The van der Waals surface area contributed by atoms with Crippen molar-refractivity contribution < 1.29 is 0 Å². The second-order valence-corrected chi connectivity index (χ2v) is 5.62. The molecule has 0 saturated carbocycles. The van der Waals surface area contributed by atoms with Gasteiger partial charge in [0, 0.05) is 5.75 Å². The van der Waals surface area contributed by atoms with Crippen LogP contribution in [0.1, 0.15) is 11.4 Å². The van der Waals surface area contributed by atoms with Gasteiger partial charge in [0.05, 0.1) is 0 Å². The first-order valence-electron chi connectivity index (χ1n) is 5.35. The second-order valence-electron chi connectivity index (χ2n) is 3.55. The molecule has 0 spiro atoms. The van der Waals surface area contributed by atoms with Crippen molar-refractivity contribution in [3.8, 4) is 0 Å². The Balaban J connectivity index is 1.98. The highest BCUT2D eigenvalue weighted by Gasteiger charge is 2.01. The smallest absolute Gasteiger partial charge is 0.209 e. The molecule has 0 saturated heterocycles. The number of benzene rings is 1. The van der Waals surface area contributed by atoms with Crippen molar-refractivity contribution >= 4 is 39.8 Å². The Morgan fingerprint density at radius 1 is 1.33 bits per heavy atom. The van der Waals surface area contributed by atoms with E-state index in [0.717, 1.165) is 26.8 Å². The quantitative estimate of drug-likeness (QED) is 0.847. The third kappa shape index (κ3) is 4.16. The number of aromatic amines is 1. The first-order valence-corrected chi connectivity index (χ1v) is 7.13. The second kappa shape index (κ2) is 6.56. The van der Waals surface area contributed by atoms with Gasteiger partial charge in [-0.3, -0.25) is 5.10 Å². The summed E-state index contributed by atoms with van der Waals surface area (Å²) >= 11 is 4.84. The van der Waals surface area contributed by atoms with Crippen LogP contribution < -0.4 is 0 Å². The molecule has 18 heavy (non-hydrogen) atoms. The lowest BCUT2D eigenvalue weighted by molar-refractivity contribution is 0.974. The highest BCUT2D eigenvalue weighted by molar-refractivity contribution is 9.11. The average Bonchev–Trinajstić information content (AvgIpc) is 2.83. The third-order valence-electron chi connectivity index (χ3n) is 2.07. The molecule has 1 N–H and O–H groups in total. The zero-order valence-electron chi connectivity index (χ0n) is 9.64. The van der Waals surface area contributed by atoms with E-state index >= 15 is 0 Å². The standard InChI is InChI=1S/C13H12BrN3S/c1-10(14)9-18-13-15-12(16-17-13)8-7-11-5-3-2-4-6-11/h2-8H,1,9H2,(H,15,16,17). The molecule has 0 amide bonds. The summed E-state index contributed by atoms with van der Waals surface area (Å²) in [6, 6.07) is 10.1. The summed E-state index contributed by atoms with van der Waals surface area (Å²) in [5.74, 6) is 1.52. The number of H-pyrrole nitrogens is 1. The molecule has 0 radical (unpaired) electrons. The number of nitrogens with one attached hydrogen (secondary N) is 1. The Kier molecular flexibility index (Phi) is 4.78. The minimum Gasteiger partial charge on any atom is -0.259 e. The topological polar surface area (TPSA) is 41.6 Å². The van der Waals surface area contributed by atoms with Crippen molar-refractivity contribution in [3.05, 3.63) is 52.8 Å². The van der Waals surface area contributed by atoms with E-state index in [4.69, 9.17) is 0 Å². The van der Waals surface area contributed by atoms with Crippen molar-refractivity contribution in [1.82, 2.24) is 15.2 Å². The maximum absolute atomic E-state index is 4.34. The molecule has 0 aliphatic heterocycles. The average molecular weight is 322 g/mol. The van der Waals surface area contributed by atoms with Crippen LogP contribution in [-0.4, -0.2) is 20.9 Å². The molecule has 92 valence electrons. The Morgan fingerprint density at radius 2 is 2.11 bits per heavy atom. The van der Waals surface area contributed by atoms with Gasteiger partial charge in [0.25, 0.3) is 0 Å². The summed E-state index contributed by atoms with van der Waals surface area (Å²) in [5.41, 5.74) is 1.14. The summed E-state index contributed by atoms with van der Waals surface area (Å²) in [4.78, 5) is 4.34. The van der Waals surface area contributed by atoms with E-state index in [0.29, 0.717) is 0 Å². The van der Waals surface area contributed by atoms with Gasteiger partial charge in [-0.1, -0.05) is 70.7 Å². The minimum atomic E-state index is 0.725. The van der Waals surface area contributed by atoms with Crippen molar-refractivity contribution in [3.63, 3.8) is 0 Å². The predicted molar refractivity (Wildman–Crippen MR) is 80.5 cm³/mol. The number of hydrogen-bond acceptors (Lipinski definition) is 3. The van der Waals surface area contributed by atoms with E-state index in [-0.39, 0.29) is 0 Å². The van der Waals surface area contributed by atoms with Gasteiger partial charge in [0.15, 0.2) is 0 Å². The molecule has 0 aliphatic rings. The van der Waals surface area contributed by atoms with E-state index in [1.807, 2.05) is 42.5 Å². The van der Waals surface area contributed by atoms with Gasteiger partial charge in [0.1, 0.15) is 5.82 Å². The highest BCUT2D eigenvalue weighted by Crippen LogP contribution is 2.18. The molecule has 2 aromatic rings. The fourth-order valence-corrected chi connectivity index (χ4v) is 2.18. The number of halogens is 1. The molecule has 2 rings (SSSR count). The van der Waals surface area contributed by atoms with Crippen molar-refractivity contribution in [2.45, 2.75) is 5.16 Å². The number of aromatic nitrogens is 3. The predicted octanol–water partition coefficient (Wildman–Crippen LogP) is 3.98. The van der Waals surface area contributed by atoms with Gasteiger partial charge < -0.3 is 0 Å². The van der Waals surface area contributed by atoms with Gasteiger partial charge in [-0.2, -0.15) is 0 Å². The van der Waals surface area contributed by atoms with Gasteiger partial charge in [-0.15, -0.1) is 5.10 Å². The van der Waals surface area contributed by atoms with Gasteiger partial charge in [-0.05, 0) is 16.1 Å². The Bertz CT molecular complexity index is 548. The van der Waals surface area contributed by atoms with Gasteiger partial charge >= 0.3 is 0 Å². The molecule has 1 aromatic carbocycles. The molecule has 0 atom stereocenters. The summed E-state index contributed by atoms with van der Waals surface area (Å²) < 4.78 is 0.929. The highest BCUT2D eigenvalue weighted by atomic mass is 79.9. The fraction of sp³-hybridized carbons (Fsp3) is 0.0769. The van der Waals surface area contributed by atoms with Crippen LogP contribution in [0.3, 0.4) is 0 Å². The summed E-state index contributed by atoms with van der Waals surface area (Å²) in [6.07, 6.45) is 3.91. The van der Waals surface area contributed by atoms with E-state index in [2.05, 4.69) is 37.7 Å². The number of nitrogens with zero attached hydrogens (tertiary/aromatic N) is 2.